The van der Waals surface area contributed by atoms with Gasteiger partial charge in [-0.3, -0.25) is 14.4 Å². The highest BCUT2D eigenvalue weighted by atomic mass is 16.5. The van der Waals surface area contributed by atoms with Crippen LogP contribution in [0.5, 0.6) is 17.2 Å². The van der Waals surface area contributed by atoms with Crippen LogP contribution >= 0.6 is 0 Å². The Bertz CT molecular complexity index is 2310. The van der Waals surface area contributed by atoms with Gasteiger partial charge < -0.3 is 14.2 Å². The summed E-state index contributed by atoms with van der Waals surface area (Å²) < 4.78 is 17.1. The van der Waals surface area contributed by atoms with Gasteiger partial charge in [0.1, 0.15) is 29.1 Å². The van der Waals surface area contributed by atoms with Gasteiger partial charge in [0, 0.05) is 29.2 Å². The lowest BCUT2D eigenvalue weighted by Gasteiger charge is -2.34. The van der Waals surface area contributed by atoms with E-state index in [0.717, 1.165) is 57.5 Å². The van der Waals surface area contributed by atoms with Crippen molar-refractivity contribution in [3.63, 3.8) is 0 Å². The van der Waals surface area contributed by atoms with Crippen LogP contribution in [0, 0.1) is 17.8 Å². The fourth-order valence-corrected chi connectivity index (χ4v) is 9.60. The monoisotopic (exact) mass is 859 g/mol. The Morgan fingerprint density at radius 3 is 1.57 bits per heavy atom. The van der Waals surface area contributed by atoms with E-state index in [1.54, 1.807) is 0 Å². The lowest BCUT2D eigenvalue weighted by molar-refractivity contribution is -0.134. The SMILES string of the molecule is CC.CC(=O)Oc1ccc(C(C)(C)CC(C)(C)C)cc1C1C(=O)Oc2ccc(C(C)(C)CC(C)(C)C)cc21.Cc1cccc(C2C(=O)Oc3c2cc(C(C)(C)C)cc3C(C)(C)C)c1. The molecule has 6 nitrogen and oxygen atoms in total. The van der Waals surface area contributed by atoms with Crippen molar-refractivity contribution in [1.82, 2.24) is 0 Å². The molecule has 2 unspecified atom stereocenters. The Morgan fingerprint density at radius 1 is 0.571 bits per heavy atom. The third-order valence-electron chi connectivity index (χ3n) is 11.8. The van der Waals surface area contributed by atoms with E-state index in [1.165, 1.54) is 12.5 Å². The number of aryl methyl sites for hydroxylation is 1. The van der Waals surface area contributed by atoms with Crippen molar-refractivity contribution in [2.45, 2.75) is 185 Å². The predicted octanol–water partition coefficient (Wildman–Crippen LogP) is 14.8. The molecule has 0 radical (unpaired) electrons. The topological polar surface area (TPSA) is 78.9 Å². The number of esters is 3. The summed E-state index contributed by atoms with van der Waals surface area (Å²) in [5.74, 6) is -0.155. The lowest BCUT2D eigenvalue weighted by Crippen LogP contribution is -2.25. The molecule has 0 N–H and O–H groups in total. The smallest absolute Gasteiger partial charge is 0.323 e. The second-order valence-electron chi connectivity index (χ2n) is 23.4. The van der Waals surface area contributed by atoms with E-state index in [9.17, 15) is 14.4 Å². The second-order valence-corrected chi connectivity index (χ2v) is 23.4. The Morgan fingerprint density at radius 2 is 1.08 bits per heavy atom. The van der Waals surface area contributed by atoms with Crippen molar-refractivity contribution in [1.29, 1.82) is 0 Å². The summed E-state index contributed by atoms with van der Waals surface area (Å²) in [4.78, 5) is 38.0. The zero-order valence-corrected chi connectivity index (χ0v) is 42.4. The number of rotatable bonds is 7. The molecule has 0 bridgehead atoms. The molecule has 4 aromatic rings. The minimum atomic E-state index is -0.648. The van der Waals surface area contributed by atoms with E-state index in [0.29, 0.717) is 17.1 Å². The van der Waals surface area contributed by atoms with Gasteiger partial charge in [0.2, 0.25) is 0 Å². The van der Waals surface area contributed by atoms with Crippen molar-refractivity contribution in [2.75, 3.05) is 0 Å². The summed E-state index contributed by atoms with van der Waals surface area (Å²) in [6.45, 7) is 42.9. The van der Waals surface area contributed by atoms with Gasteiger partial charge >= 0.3 is 17.9 Å². The standard InChI is InChI=1S/C32H44O4.C23H28O2.C2H6/c1-20(33)35-25-14-12-21(31(8,9)18-29(2,3)4)16-23(25)27-24-17-22(13-15-26(24)36-28(27)34)32(10,11)19-30(5,6)7;1-14-9-8-10-15(11-14)19-17-12-16(22(2,3)4)13-18(23(5,6)7)20(17)25-21(19)24;1-2/h12-17,27H,18-19H2,1-11H3;8-13,19H,1-7H3;1-2H3. The number of carbonyl (C=O) groups excluding carboxylic acids is 3. The number of carbonyl (C=O) groups is 3. The van der Waals surface area contributed by atoms with E-state index >= 15 is 0 Å². The van der Waals surface area contributed by atoms with Crippen LogP contribution in [0.15, 0.2) is 72.8 Å². The molecule has 2 atom stereocenters. The maximum Gasteiger partial charge on any atom is 0.323 e. The number of ether oxygens (including phenoxy) is 3. The van der Waals surface area contributed by atoms with Gasteiger partial charge in [-0.15, -0.1) is 0 Å². The summed E-state index contributed by atoms with van der Waals surface area (Å²) in [5.41, 5.74) is 9.29. The molecule has 6 heteroatoms. The largest absolute Gasteiger partial charge is 0.426 e. The average Bonchev–Trinajstić information content (AvgIpc) is 3.63. The molecule has 63 heavy (non-hydrogen) atoms. The number of benzene rings is 4. The Labute approximate surface area is 380 Å². The first-order chi connectivity index (χ1) is 28.8. The predicted molar refractivity (Wildman–Crippen MR) is 260 cm³/mol. The molecule has 342 valence electrons. The lowest BCUT2D eigenvalue weighted by atomic mass is 9.71. The summed E-state index contributed by atoms with van der Waals surface area (Å²) in [7, 11) is 0. The van der Waals surface area contributed by atoms with Gasteiger partial charge in [-0.1, -0.05) is 191 Å². The Kier molecular flexibility index (Phi) is 14.9. The molecule has 2 aliphatic rings. The minimum Gasteiger partial charge on any atom is -0.426 e. The Balaban J connectivity index is 0.000000282. The molecule has 6 rings (SSSR count). The van der Waals surface area contributed by atoms with E-state index in [4.69, 9.17) is 14.2 Å². The molecule has 0 spiro atoms. The van der Waals surface area contributed by atoms with Gasteiger partial charge in [-0.2, -0.15) is 0 Å². The first kappa shape index (κ1) is 50.9. The summed E-state index contributed by atoms with van der Waals surface area (Å²) in [6, 6.07) is 24.5. The fraction of sp³-hybridized carbons (Fsp3) is 0.526. The van der Waals surface area contributed by atoms with Crippen molar-refractivity contribution in [3.05, 3.63) is 123 Å². The van der Waals surface area contributed by atoms with Crippen molar-refractivity contribution in [2.24, 2.45) is 10.8 Å². The van der Waals surface area contributed by atoms with Crippen molar-refractivity contribution >= 4 is 17.9 Å². The molecule has 0 aliphatic carbocycles. The Hall–Kier alpha value is -4.71. The van der Waals surface area contributed by atoms with Gasteiger partial charge in [0.15, 0.2) is 0 Å². The maximum absolute atomic E-state index is 13.3. The second kappa shape index (κ2) is 18.4. The zero-order chi connectivity index (χ0) is 47.8. The maximum atomic E-state index is 13.3. The van der Waals surface area contributed by atoms with Crippen LogP contribution in [-0.2, 0) is 36.0 Å². The highest BCUT2D eigenvalue weighted by molar-refractivity contribution is 5.91. The highest BCUT2D eigenvalue weighted by Crippen LogP contribution is 2.49. The third-order valence-corrected chi connectivity index (χ3v) is 11.8. The first-order valence-corrected chi connectivity index (χ1v) is 22.9. The zero-order valence-electron chi connectivity index (χ0n) is 42.4. The third kappa shape index (κ3) is 12.3. The molecule has 2 aliphatic heterocycles. The van der Waals surface area contributed by atoms with Gasteiger partial charge in [0.05, 0.1) is 0 Å². The first-order valence-electron chi connectivity index (χ1n) is 22.9. The normalized spacial score (nSPS) is 16.4. The highest BCUT2D eigenvalue weighted by Gasteiger charge is 2.41. The number of hydrogen-bond donors (Lipinski definition) is 0. The van der Waals surface area contributed by atoms with Crippen molar-refractivity contribution in [3.8, 4) is 17.2 Å². The van der Waals surface area contributed by atoms with E-state index in [1.807, 2.05) is 50.2 Å². The van der Waals surface area contributed by atoms with Crippen LogP contribution in [0.25, 0.3) is 0 Å². The van der Waals surface area contributed by atoms with E-state index in [-0.39, 0.29) is 50.3 Å². The van der Waals surface area contributed by atoms with Crippen LogP contribution in [0.4, 0.5) is 0 Å². The average molecular weight is 859 g/mol. The molecule has 0 saturated heterocycles. The van der Waals surface area contributed by atoms with Crippen LogP contribution in [0.3, 0.4) is 0 Å². The molecule has 2 heterocycles. The van der Waals surface area contributed by atoms with Gasteiger partial charge in [-0.05, 0) is 86.6 Å². The van der Waals surface area contributed by atoms with E-state index in [2.05, 4.69) is 154 Å². The van der Waals surface area contributed by atoms with Crippen LogP contribution in [0.2, 0.25) is 0 Å². The van der Waals surface area contributed by atoms with Crippen molar-refractivity contribution < 1.29 is 28.6 Å². The number of fused-ring (bicyclic) bond motifs is 2. The summed E-state index contributed by atoms with van der Waals surface area (Å²) in [6.07, 6.45) is 1.95. The summed E-state index contributed by atoms with van der Waals surface area (Å²) in [5, 5.41) is 0. The van der Waals surface area contributed by atoms with E-state index < -0.39 is 11.9 Å². The van der Waals surface area contributed by atoms with Crippen LogP contribution in [0.1, 0.15) is 206 Å². The molecule has 0 amide bonds. The quantitative estimate of drug-likeness (QED) is 0.136. The molecule has 0 aromatic heterocycles. The fourth-order valence-electron chi connectivity index (χ4n) is 9.60. The van der Waals surface area contributed by atoms with Gasteiger partial charge in [-0.25, -0.2) is 0 Å². The molecule has 4 aromatic carbocycles. The van der Waals surface area contributed by atoms with Crippen LogP contribution < -0.4 is 14.2 Å². The number of hydrogen-bond acceptors (Lipinski definition) is 6. The molecular formula is C57H78O6. The van der Waals surface area contributed by atoms with Crippen LogP contribution in [-0.4, -0.2) is 17.9 Å². The minimum absolute atomic E-state index is 0.0117. The van der Waals surface area contributed by atoms with Gasteiger partial charge in [0.25, 0.3) is 0 Å². The molecule has 0 fully saturated rings. The summed E-state index contributed by atoms with van der Waals surface area (Å²) >= 11 is 0. The molecular weight excluding hydrogens is 781 g/mol. The molecule has 0 saturated carbocycles.